The third-order valence-electron chi connectivity index (χ3n) is 3.01. The molecular weight excluding hydrogens is 278 g/mol. The first-order valence-corrected chi connectivity index (χ1v) is 7.35. The summed E-state index contributed by atoms with van der Waals surface area (Å²) in [6.45, 7) is 4.49. The molecule has 0 aliphatic heterocycles. The van der Waals surface area contributed by atoms with Gasteiger partial charge in [-0.1, -0.05) is 5.92 Å². The Labute approximate surface area is 130 Å². The van der Waals surface area contributed by atoms with E-state index in [0.29, 0.717) is 26.1 Å². The van der Waals surface area contributed by atoms with Crippen molar-refractivity contribution in [1.82, 2.24) is 4.98 Å². The highest BCUT2D eigenvalue weighted by atomic mass is 16.5. The van der Waals surface area contributed by atoms with Gasteiger partial charge in [-0.2, -0.15) is 0 Å². The SMILES string of the molecule is CC#Cc1ccc2cc(OCCCC(=O)OCC)ccc2n1. The minimum absolute atomic E-state index is 0.182. The summed E-state index contributed by atoms with van der Waals surface area (Å²) in [7, 11) is 0. The standard InChI is InChI=1S/C18H19NO3/c1-3-6-15-9-8-14-13-16(10-11-17(14)19-15)22-12-5-7-18(20)21-4-2/h8-11,13H,4-5,7,12H2,1-2H3. The zero-order valence-corrected chi connectivity index (χ0v) is 12.9. The summed E-state index contributed by atoms with van der Waals surface area (Å²) in [5.74, 6) is 6.37. The van der Waals surface area contributed by atoms with Crippen molar-refractivity contribution in [2.24, 2.45) is 0 Å². The zero-order valence-electron chi connectivity index (χ0n) is 12.9. The van der Waals surface area contributed by atoms with E-state index in [9.17, 15) is 4.79 Å². The lowest BCUT2D eigenvalue weighted by Gasteiger charge is -2.07. The van der Waals surface area contributed by atoms with Gasteiger partial charge >= 0.3 is 5.97 Å². The van der Waals surface area contributed by atoms with Crippen molar-refractivity contribution >= 4 is 16.9 Å². The van der Waals surface area contributed by atoms with Gasteiger partial charge in [-0.25, -0.2) is 4.98 Å². The van der Waals surface area contributed by atoms with Crippen LogP contribution < -0.4 is 4.74 Å². The van der Waals surface area contributed by atoms with Gasteiger partial charge in [0.15, 0.2) is 0 Å². The first-order valence-electron chi connectivity index (χ1n) is 7.35. The highest BCUT2D eigenvalue weighted by Gasteiger charge is 2.03. The second kappa shape index (κ2) is 8.04. The van der Waals surface area contributed by atoms with Gasteiger partial charge in [0.1, 0.15) is 11.4 Å². The Morgan fingerprint density at radius 3 is 2.91 bits per heavy atom. The van der Waals surface area contributed by atoms with Gasteiger partial charge < -0.3 is 9.47 Å². The molecule has 1 aromatic heterocycles. The molecule has 1 heterocycles. The third-order valence-corrected chi connectivity index (χ3v) is 3.01. The van der Waals surface area contributed by atoms with Gasteiger partial charge in [-0.3, -0.25) is 4.79 Å². The van der Waals surface area contributed by atoms with Crippen LogP contribution in [-0.2, 0) is 9.53 Å². The van der Waals surface area contributed by atoms with Crippen LogP contribution in [0, 0.1) is 11.8 Å². The van der Waals surface area contributed by atoms with Crippen molar-refractivity contribution < 1.29 is 14.3 Å². The summed E-state index contributed by atoms with van der Waals surface area (Å²) >= 11 is 0. The van der Waals surface area contributed by atoms with Gasteiger partial charge in [0.25, 0.3) is 0 Å². The van der Waals surface area contributed by atoms with E-state index in [1.165, 1.54) is 0 Å². The highest BCUT2D eigenvalue weighted by molar-refractivity contribution is 5.80. The number of pyridine rings is 1. The van der Waals surface area contributed by atoms with Gasteiger partial charge in [0, 0.05) is 11.8 Å². The Balaban J connectivity index is 1.93. The predicted octanol–water partition coefficient (Wildman–Crippen LogP) is 3.33. The number of esters is 1. The van der Waals surface area contributed by atoms with E-state index in [4.69, 9.17) is 9.47 Å². The van der Waals surface area contributed by atoms with E-state index in [1.54, 1.807) is 13.8 Å². The van der Waals surface area contributed by atoms with Crippen LogP contribution >= 0.6 is 0 Å². The van der Waals surface area contributed by atoms with Gasteiger partial charge in [-0.05, 0) is 56.5 Å². The number of fused-ring (bicyclic) bond motifs is 1. The minimum atomic E-state index is -0.182. The lowest BCUT2D eigenvalue weighted by Crippen LogP contribution is -2.06. The van der Waals surface area contributed by atoms with E-state index in [-0.39, 0.29) is 5.97 Å². The number of nitrogens with zero attached hydrogens (tertiary/aromatic N) is 1. The van der Waals surface area contributed by atoms with E-state index in [2.05, 4.69) is 16.8 Å². The molecule has 0 radical (unpaired) electrons. The molecule has 114 valence electrons. The Morgan fingerprint density at radius 2 is 2.14 bits per heavy atom. The molecule has 0 bridgehead atoms. The van der Waals surface area contributed by atoms with Crippen molar-refractivity contribution in [1.29, 1.82) is 0 Å². The fourth-order valence-electron chi connectivity index (χ4n) is 2.03. The molecule has 0 N–H and O–H groups in total. The fraction of sp³-hybridized carbons (Fsp3) is 0.333. The smallest absolute Gasteiger partial charge is 0.305 e. The molecule has 0 amide bonds. The van der Waals surface area contributed by atoms with Crippen LogP contribution in [0.5, 0.6) is 5.75 Å². The first-order chi connectivity index (χ1) is 10.7. The molecule has 0 aliphatic rings. The summed E-state index contributed by atoms with van der Waals surface area (Å²) in [6.07, 6.45) is 1.02. The van der Waals surface area contributed by atoms with Crippen molar-refractivity contribution in [3.63, 3.8) is 0 Å². The van der Waals surface area contributed by atoms with Crippen LogP contribution in [0.2, 0.25) is 0 Å². The number of hydrogen-bond acceptors (Lipinski definition) is 4. The largest absolute Gasteiger partial charge is 0.494 e. The Bertz CT molecular complexity index is 713. The van der Waals surface area contributed by atoms with E-state index < -0.39 is 0 Å². The molecule has 2 aromatic rings. The van der Waals surface area contributed by atoms with Crippen LogP contribution in [0.15, 0.2) is 30.3 Å². The topological polar surface area (TPSA) is 48.4 Å². The molecule has 0 saturated carbocycles. The normalized spacial score (nSPS) is 9.91. The average Bonchev–Trinajstić information content (AvgIpc) is 2.52. The van der Waals surface area contributed by atoms with Gasteiger partial charge in [0.05, 0.1) is 18.7 Å². The molecule has 0 fully saturated rings. The van der Waals surface area contributed by atoms with Crippen LogP contribution in [0.1, 0.15) is 32.4 Å². The number of ether oxygens (including phenoxy) is 2. The number of carbonyl (C=O) groups excluding carboxylic acids is 1. The number of carbonyl (C=O) groups is 1. The predicted molar refractivity (Wildman–Crippen MR) is 85.7 cm³/mol. The minimum Gasteiger partial charge on any atom is -0.494 e. The molecule has 0 saturated heterocycles. The molecule has 1 aromatic carbocycles. The summed E-state index contributed by atoms with van der Waals surface area (Å²) in [6, 6.07) is 9.60. The molecule has 0 aliphatic carbocycles. The molecule has 22 heavy (non-hydrogen) atoms. The zero-order chi connectivity index (χ0) is 15.8. The number of aromatic nitrogens is 1. The maximum atomic E-state index is 11.2. The highest BCUT2D eigenvalue weighted by Crippen LogP contribution is 2.20. The van der Waals surface area contributed by atoms with Crippen molar-refractivity contribution in [3.05, 3.63) is 36.0 Å². The third kappa shape index (κ3) is 4.49. The lowest BCUT2D eigenvalue weighted by molar-refractivity contribution is -0.143. The maximum Gasteiger partial charge on any atom is 0.305 e. The van der Waals surface area contributed by atoms with Crippen LogP contribution in [-0.4, -0.2) is 24.2 Å². The van der Waals surface area contributed by atoms with Crippen LogP contribution in [0.3, 0.4) is 0 Å². The van der Waals surface area contributed by atoms with Gasteiger partial charge in [-0.15, -0.1) is 0 Å². The molecule has 0 atom stereocenters. The number of benzene rings is 1. The summed E-state index contributed by atoms with van der Waals surface area (Å²) in [5, 5.41) is 1.00. The molecule has 0 unspecified atom stereocenters. The lowest BCUT2D eigenvalue weighted by atomic mass is 10.2. The first kappa shape index (κ1) is 15.8. The fourth-order valence-corrected chi connectivity index (χ4v) is 2.03. The van der Waals surface area contributed by atoms with Crippen LogP contribution in [0.25, 0.3) is 10.9 Å². The molecular formula is C18H19NO3. The summed E-state index contributed by atoms with van der Waals surface area (Å²) in [5.41, 5.74) is 1.65. The second-order valence-electron chi connectivity index (χ2n) is 4.68. The molecule has 4 nitrogen and oxygen atoms in total. The van der Waals surface area contributed by atoms with Crippen molar-refractivity contribution in [3.8, 4) is 17.6 Å². The van der Waals surface area contributed by atoms with E-state index in [0.717, 1.165) is 22.3 Å². The molecule has 0 spiro atoms. The number of hydrogen-bond donors (Lipinski definition) is 0. The average molecular weight is 297 g/mol. The van der Waals surface area contributed by atoms with Crippen molar-refractivity contribution in [2.75, 3.05) is 13.2 Å². The second-order valence-corrected chi connectivity index (χ2v) is 4.68. The van der Waals surface area contributed by atoms with Gasteiger partial charge in [0.2, 0.25) is 0 Å². The number of rotatable bonds is 6. The van der Waals surface area contributed by atoms with Crippen LogP contribution in [0.4, 0.5) is 0 Å². The van der Waals surface area contributed by atoms with E-state index in [1.807, 2.05) is 30.3 Å². The monoisotopic (exact) mass is 297 g/mol. The Hall–Kier alpha value is -2.54. The quantitative estimate of drug-likeness (QED) is 0.466. The Morgan fingerprint density at radius 1 is 1.27 bits per heavy atom. The summed E-state index contributed by atoms with van der Waals surface area (Å²) < 4.78 is 10.5. The Kier molecular flexibility index (Phi) is 5.79. The molecule has 2 rings (SSSR count). The maximum absolute atomic E-state index is 11.2. The van der Waals surface area contributed by atoms with Crippen molar-refractivity contribution in [2.45, 2.75) is 26.7 Å². The van der Waals surface area contributed by atoms with E-state index >= 15 is 0 Å². The molecule has 4 heteroatoms. The summed E-state index contributed by atoms with van der Waals surface area (Å²) in [4.78, 5) is 15.7.